The van der Waals surface area contributed by atoms with Gasteiger partial charge in [0.25, 0.3) is 0 Å². The Labute approximate surface area is 106 Å². The van der Waals surface area contributed by atoms with E-state index in [0.717, 1.165) is 17.8 Å². The first-order chi connectivity index (χ1) is 8.50. The molecule has 1 saturated carbocycles. The SMILES string of the molecule is CNCc1cc(C)nc(C2CCCC(F)(F)C2)n1. The Balaban J connectivity index is 2.21. The summed E-state index contributed by atoms with van der Waals surface area (Å²) in [6.45, 7) is 2.52. The Bertz CT molecular complexity index is 421. The van der Waals surface area contributed by atoms with E-state index >= 15 is 0 Å². The van der Waals surface area contributed by atoms with Gasteiger partial charge in [-0.15, -0.1) is 0 Å². The van der Waals surface area contributed by atoms with Crippen LogP contribution < -0.4 is 5.32 Å². The molecule has 1 atom stereocenters. The molecular weight excluding hydrogens is 236 g/mol. The predicted molar refractivity (Wildman–Crippen MR) is 65.7 cm³/mol. The number of aromatic nitrogens is 2. The number of nitrogens with zero attached hydrogens (tertiary/aromatic N) is 2. The Hall–Kier alpha value is -1.10. The minimum absolute atomic E-state index is 0.00130. The van der Waals surface area contributed by atoms with Crippen LogP contribution in [0.4, 0.5) is 8.78 Å². The molecule has 1 N–H and O–H groups in total. The van der Waals surface area contributed by atoms with Gasteiger partial charge in [0, 0.05) is 31.0 Å². The fourth-order valence-corrected chi connectivity index (χ4v) is 2.50. The van der Waals surface area contributed by atoms with E-state index in [2.05, 4.69) is 15.3 Å². The van der Waals surface area contributed by atoms with Gasteiger partial charge < -0.3 is 5.32 Å². The van der Waals surface area contributed by atoms with Crippen molar-refractivity contribution in [3.8, 4) is 0 Å². The van der Waals surface area contributed by atoms with Crippen molar-refractivity contribution in [3.63, 3.8) is 0 Å². The quantitative estimate of drug-likeness (QED) is 0.902. The highest BCUT2D eigenvalue weighted by molar-refractivity contribution is 5.13. The zero-order chi connectivity index (χ0) is 13.2. The second-order valence-electron chi connectivity index (χ2n) is 5.04. The molecule has 0 amide bonds. The Kier molecular flexibility index (Phi) is 3.90. The maximum absolute atomic E-state index is 13.4. The number of nitrogens with one attached hydrogen (secondary N) is 1. The van der Waals surface area contributed by atoms with Crippen LogP contribution in [0.25, 0.3) is 0 Å². The minimum Gasteiger partial charge on any atom is -0.314 e. The van der Waals surface area contributed by atoms with Crippen LogP contribution in [0.1, 0.15) is 48.8 Å². The van der Waals surface area contributed by atoms with Gasteiger partial charge in [-0.1, -0.05) is 0 Å². The van der Waals surface area contributed by atoms with Crippen LogP contribution in [0.5, 0.6) is 0 Å². The fourth-order valence-electron chi connectivity index (χ4n) is 2.50. The highest BCUT2D eigenvalue weighted by Gasteiger charge is 2.37. The maximum Gasteiger partial charge on any atom is 0.248 e. The topological polar surface area (TPSA) is 37.8 Å². The largest absolute Gasteiger partial charge is 0.314 e. The third kappa shape index (κ3) is 3.22. The molecule has 0 aliphatic heterocycles. The first-order valence-electron chi connectivity index (χ1n) is 6.37. The molecule has 2 rings (SSSR count). The number of halogens is 2. The highest BCUT2D eigenvalue weighted by Crippen LogP contribution is 2.40. The summed E-state index contributed by atoms with van der Waals surface area (Å²) in [7, 11) is 1.84. The molecule has 1 fully saturated rings. The summed E-state index contributed by atoms with van der Waals surface area (Å²) in [4.78, 5) is 8.74. The molecule has 1 aliphatic rings. The van der Waals surface area contributed by atoms with Gasteiger partial charge in [-0.25, -0.2) is 18.7 Å². The van der Waals surface area contributed by atoms with E-state index in [1.165, 1.54) is 0 Å². The number of rotatable bonds is 3. The molecule has 5 heteroatoms. The van der Waals surface area contributed by atoms with Crippen LogP contribution in [-0.2, 0) is 6.54 Å². The van der Waals surface area contributed by atoms with Crippen LogP contribution in [-0.4, -0.2) is 22.9 Å². The van der Waals surface area contributed by atoms with Gasteiger partial charge in [0.1, 0.15) is 5.82 Å². The first kappa shape index (κ1) is 13.3. The Morgan fingerprint density at radius 1 is 1.44 bits per heavy atom. The van der Waals surface area contributed by atoms with Crippen LogP contribution in [0.3, 0.4) is 0 Å². The fraction of sp³-hybridized carbons (Fsp3) is 0.692. The Morgan fingerprint density at radius 2 is 2.22 bits per heavy atom. The molecule has 0 saturated heterocycles. The zero-order valence-electron chi connectivity index (χ0n) is 10.8. The molecule has 1 unspecified atom stereocenters. The molecule has 1 aliphatic carbocycles. The normalized spacial score (nSPS) is 23.0. The first-order valence-corrected chi connectivity index (χ1v) is 6.37. The van der Waals surface area contributed by atoms with Crippen molar-refractivity contribution in [1.82, 2.24) is 15.3 Å². The lowest BCUT2D eigenvalue weighted by atomic mass is 9.86. The monoisotopic (exact) mass is 255 g/mol. The van der Waals surface area contributed by atoms with E-state index in [4.69, 9.17) is 0 Å². The standard InChI is InChI=1S/C13H19F2N3/c1-9-6-11(8-16-2)18-12(17-9)10-4-3-5-13(14,15)7-10/h6,10,16H,3-5,7-8H2,1-2H3. The second kappa shape index (κ2) is 5.26. The van der Waals surface area contributed by atoms with Gasteiger partial charge in [-0.05, 0) is 32.9 Å². The highest BCUT2D eigenvalue weighted by atomic mass is 19.3. The average Bonchev–Trinajstić information content (AvgIpc) is 2.27. The van der Waals surface area contributed by atoms with E-state index in [-0.39, 0.29) is 18.8 Å². The van der Waals surface area contributed by atoms with Crippen molar-refractivity contribution in [2.45, 2.75) is 51.0 Å². The van der Waals surface area contributed by atoms with E-state index in [1.54, 1.807) is 0 Å². The van der Waals surface area contributed by atoms with E-state index in [9.17, 15) is 8.78 Å². The Morgan fingerprint density at radius 3 is 2.89 bits per heavy atom. The van der Waals surface area contributed by atoms with Gasteiger partial charge >= 0.3 is 0 Å². The van der Waals surface area contributed by atoms with Crippen LogP contribution >= 0.6 is 0 Å². The van der Waals surface area contributed by atoms with Gasteiger partial charge in [-0.2, -0.15) is 0 Å². The second-order valence-corrected chi connectivity index (χ2v) is 5.04. The van der Waals surface area contributed by atoms with Crippen LogP contribution in [0.2, 0.25) is 0 Å². The maximum atomic E-state index is 13.4. The van der Waals surface area contributed by atoms with Crippen molar-refractivity contribution in [1.29, 1.82) is 0 Å². The lowest BCUT2D eigenvalue weighted by Crippen LogP contribution is -2.26. The molecular formula is C13H19F2N3. The smallest absolute Gasteiger partial charge is 0.248 e. The number of aryl methyl sites for hydroxylation is 1. The molecule has 100 valence electrons. The van der Waals surface area contributed by atoms with E-state index in [0.29, 0.717) is 18.8 Å². The van der Waals surface area contributed by atoms with Crippen molar-refractivity contribution in [2.75, 3.05) is 7.05 Å². The van der Waals surface area contributed by atoms with E-state index in [1.807, 2.05) is 20.0 Å². The summed E-state index contributed by atoms with van der Waals surface area (Å²) < 4.78 is 26.8. The zero-order valence-corrected chi connectivity index (χ0v) is 10.8. The number of alkyl halides is 2. The van der Waals surface area contributed by atoms with E-state index < -0.39 is 5.92 Å². The molecule has 3 nitrogen and oxygen atoms in total. The van der Waals surface area contributed by atoms with Crippen molar-refractivity contribution in [2.24, 2.45) is 0 Å². The summed E-state index contributed by atoms with van der Waals surface area (Å²) >= 11 is 0. The van der Waals surface area contributed by atoms with Gasteiger partial charge in [-0.3, -0.25) is 0 Å². The molecule has 0 spiro atoms. The molecule has 1 aromatic heterocycles. The van der Waals surface area contributed by atoms with Gasteiger partial charge in [0.15, 0.2) is 0 Å². The van der Waals surface area contributed by atoms with Crippen molar-refractivity contribution >= 4 is 0 Å². The summed E-state index contributed by atoms with van der Waals surface area (Å²) in [6.07, 6.45) is 1.20. The van der Waals surface area contributed by atoms with Gasteiger partial charge in [0.05, 0.1) is 5.69 Å². The molecule has 1 aromatic rings. The number of hydrogen-bond donors (Lipinski definition) is 1. The van der Waals surface area contributed by atoms with Gasteiger partial charge in [0.2, 0.25) is 5.92 Å². The molecule has 18 heavy (non-hydrogen) atoms. The molecule has 0 radical (unpaired) electrons. The summed E-state index contributed by atoms with van der Waals surface area (Å²) in [5.74, 6) is -2.18. The number of hydrogen-bond acceptors (Lipinski definition) is 3. The third-order valence-electron chi connectivity index (χ3n) is 3.29. The third-order valence-corrected chi connectivity index (χ3v) is 3.29. The van der Waals surface area contributed by atoms with Crippen LogP contribution in [0, 0.1) is 6.92 Å². The summed E-state index contributed by atoms with van der Waals surface area (Å²) in [5.41, 5.74) is 1.72. The average molecular weight is 255 g/mol. The summed E-state index contributed by atoms with van der Waals surface area (Å²) in [6, 6.07) is 1.89. The van der Waals surface area contributed by atoms with Crippen molar-refractivity contribution < 1.29 is 8.78 Å². The van der Waals surface area contributed by atoms with Crippen LogP contribution in [0.15, 0.2) is 6.07 Å². The lowest BCUT2D eigenvalue weighted by molar-refractivity contribution is -0.0417. The van der Waals surface area contributed by atoms with Crippen molar-refractivity contribution in [3.05, 3.63) is 23.3 Å². The molecule has 0 aromatic carbocycles. The lowest BCUT2D eigenvalue weighted by Gasteiger charge is -2.28. The summed E-state index contributed by atoms with van der Waals surface area (Å²) in [5, 5.41) is 3.02. The molecule has 0 bridgehead atoms. The predicted octanol–water partition coefficient (Wildman–Crippen LogP) is 2.80. The molecule has 1 heterocycles. The minimum atomic E-state index is -2.56.